The molecule has 32 heavy (non-hydrogen) atoms. The predicted octanol–water partition coefficient (Wildman–Crippen LogP) is 7.95. The van der Waals surface area contributed by atoms with Crippen molar-refractivity contribution in [2.24, 2.45) is 0 Å². The summed E-state index contributed by atoms with van der Waals surface area (Å²) in [5.74, 6) is 0.0973. The van der Waals surface area contributed by atoms with E-state index in [1.54, 1.807) is 42.5 Å². The highest BCUT2D eigenvalue weighted by Crippen LogP contribution is 2.32. The number of ether oxygens (including phenoxy) is 1. The molecule has 3 aromatic rings. The van der Waals surface area contributed by atoms with Gasteiger partial charge in [0.2, 0.25) is 0 Å². The van der Waals surface area contributed by atoms with Gasteiger partial charge < -0.3 is 10.1 Å². The van der Waals surface area contributed by atoms with Crippen LogP contribution in [0.5, 0.6) is 5.75 Å². The highest BCUT2D eigenvalue weighted by Gasteiger charge is 2.14. The molecule has 0 atom stereocenters. The maximum atomic E-state index is 12.6. The van der Waals surface area contributed by atoms with E-state index in [0.29, 0.717) is 32.6 Å². The molecule has 1 amide bonds. The lowest BCUT2D eigenvalue weighted by atomic mass is 10.1. The molecule has 0 unspecified atom stereocenters. The quantitative estimate of drug-likeness (QED) is 0.233. The summed E-state index contributed by atoms with van der Waals surface area (Å²) in [7, 11) is 0. The van der Waals surface area contributed by atoms with E-state index in [-0.39, 0.29) is 12.2 Å². The number of aryl methyl sites for hydroxylation is 1. The van der Waals surface area contributed by atoms with E-state index in [0.717, 1.165) is 14.5 Å². The Morgan fingerprint density at radius 2 is 1.69 bits per heavy atom. The molecule has 0 aliphatic rings. The minimum Gasteiger partial charge on any atom is -0.489 e. The molecule has 0 saturated carbocycles. The van der Waals surface area contributed by atoms with Crippen molar-refractivity contribution in [3.8, 4) is 11.8 Å². The van der Waals surface area contributed by atoms with Gasteiger partial charge in [-0.1, -0.05) is 41.4 Å². The number of carbonyl (C=O) groups is 1. The number of carbonyl (C=O) groups excluding carboxylic acids is 1. The minimum atomic E-state index is -0.508. The van der Waals surface area contributed by atoms with Crippen LogP contribution < -0.4 is 10.1 Å². The van der Waals surface area contributed by atoms with Crippen LogP contribution in [-0.2, 0) is 11.4 Å². The molecular formula is C24H16Br2Cl2N2O2. The highest BCUT2D eigenvalue weighted by molar-refractivity contribution is 9.11. The van der Waals surface area contributed by atoms with Crippen molar-refractivity contribution < 1.29 is 9.53 Å². The number of halogens is 4. The predicted molar refractivity (Wildman–Crippen MR) is 136 cm³/mol. The number of rotatable bonds is 6. The third-order valence-corrected chi connectivity index (χ3v) is 6.39. The average molecular weight is 595 g/mol. The summed E-state index contributed by atoms with van der Waals surface area (Å²) >= 11 is 19.2. The average Bonchev–Trinajstić information content (AvgIpc) is 2.75. The Balaban J connectivity index is 1.71. The molecule has 3 rings (SSSR count). The highest BCUT2D eigenvalue weighted by atomic mass is 79.9. The van der Waals surface area contributed by atoms with Gasteiger partial charge in [-0.3, -0.25) is 4.79 Å². The number of nitrogens with one attached hydrogen (secondary N) is 1. The van der Waals surface area contributed by atoms with Crippen LogP contribution in [0, 0.1) is 18.3 Å². The number of nitriles is 1. The maximum Gasteiger partial charge on any atom is 0.266 e. The normalized spacial score (nSPS) is 11.1. The molecule has 0 bridgehead atoms. The van der Waals surface area contributed by atoms with E-state index in [1.807, 2.05) is 25.1 Å². The summed E-state index contributed by atoms with van der Waals surface area (Å²) in [6, 6.07) is 18.0. The second-order valence-electron chi connectivity index (χ2n) is 6.79. The first-order valence-corrected chi connectivity index (χ1v) is 11.7. The molecule has 4 nitrogen and oxygen atoms in total. The standard InChI is InChI=1S/C24H16Br2Cl2N2O2/c1-14-9-19(25)23(20(26)10-14)30-24(31)16(12-29)11-15-5-7-17(8-6-15)32-13-18-21(27)3-2-4-22(18)28/h2-11H,13H2,1H3,(H,30,31)/b16-11+. The number of amides is 1. The summed E-state index contributed by atoms with van der Waals surface area (Å²) in [6.45, 7) is 2.16. The van der Waals surface area contributed by atoms with E-state index in [4.69, 9.17) is 27.9 Å². The van der Waals surface area contributed by atoms with Gasteiger partial charge in [0.05, 0.1) is 5.69 Å². The number of hydrogen-bond donors (Lipinski definition) is 1. The number of hydrogen-bond acceptors (Lipinski definition) is 3. The summed E-state index contributed by atoms with van der Waals surface area (Å²) < 4.78 is 7.19. The number of anilines is 1. The Hall–Kier alpha value is -2.30. The lowest BCUT2D eigenvalue weighted by molar-refractivity contribution is -0.112. The second kappa shape index (κ2) is 11.0. The van der Waals surface area contributed by atoms with Crippen molar-refractivity contribution in [2.75, 3.05) is 5.32 Å². The van der Waals surface area contributed by atoms with Gasteiger partial charge in [0.15, 0.2) is 0 Å². The molecule has 0 fully saturated rings. The Labute approximate surface area is 213 Å². The zero-order chi connectivity index (χ0) is 23.3. The van der Waals surface area contributed by atoms with Gasteiger partial charge in [-0.15, -0.1) is 0 Å². The van der Waals surface area contributed by atoms with Gasteiger partial charge in [0.1, 0.15) is 24.0 Å². The minimum absolute atomic E-state index is 0.0270. The molecule has 0 aliphatic heterocycles. The fraction of sp³-hybridized carbons (Fsp3) is 0.0833. The van der Waals surface area contributed by atoms with Crippen LogP contribution in [0.15, 0.2) is 69.1 Å². The summed E-state index contributed by atoms with van der Waals surface area (Å²) in [5, 5.41) is 13.3. The summed E-state index contributed by atoms with van der Waals surface area (Å²) in [5.41, 5.74) is 2.94. The second-order valence-corrected chi connectivity index (χ2v) is 9.31. The maximum absolute atomic E-state index is 12.6. The Kier molecular flexibility index (Phi) is 8.38. The molecule has 0 spiro atoms. The fourth-order valence-corrected chi connectivity index (χ4v) is 4.92. The first-order chi connectivity index (χ1) is 15.3. The van der Waals surface area contributed by atoms with Crippen molar-refractivity contribution in [1.29, 1.82) is 5.26 Å². The molecule has 0 aromatic heterocycles. The van der Waals surface area contributed by atoms with Gasteiger partial charge in [-0.25, -0.2) is 0 Å². The summed E-state index contributed by atoms with van der Waals surface area (Å²) in [6.07, 6.45) is 1.51. The van der Waals surface area contributed by atoms with Crippen molar-refractivity contribution >= 4 is 72.7 Å². The number of nitrogens with zero attached hydrogens (tertiary/aromatic N) is 1. The molecular weight excluding hydrogens is 579 g/mol. The van der Waals surface area contributed by atoms with Crippen molar-refractivity contribution in [3.63, 3.8) is 0 Å². The molecule has 3 aromatic carbocycles. The van der Waals surface area contributed by atoms with Gasteiger partial charge >= 0.3 is 0 Å². The van der Waals surface area contributed by atoms with E-state index >= 15 is 0 Å². The van der Waals surface area contributed by atoms with Crippen LogP contribution >= 0.6 is 55.1 Å². The largest absolute Gasteiger partial charge is 0.489 e. The number of benzene rings is 3. The Morgan fingerprint density at radius 1 is 1.09 bits per heavy atom. The van der Waals surface area contributed by atoms with Crippen LogP contribution in [0.3, 0.4) is 0 Å². The van der Waals surface area contributed by atoms with Crippen LogP contribution in [-0.4, -0.2) is 5.91 Å². The third kappa shape index (κ3) is 6.14. The molecule has 8 heteroatoms. The van der Waals surface area contributed by atoms with E-state index in [2.05, 4.69) is 37.2 Å². The zero-order valence-electron chi connectivity index (χ0n) is 16.8. The van der Waals surface area contributed by atoms with Crippen molar-refractivity contribution in [3.05, 3.63) is 95.9 Å². The summed E-state index contributed by atoms with van der Waals surface area (Å²) in [4.78, 5) is 12.6. The van der Waals surface area contributed by atoms with Crippen LogP contribution in [0.25, 0.3) is 6.08 Å². The van der Waals surface area contributed by atoms with Crippen LogP contribution in [0.4, 0.5) is 5.69 Å². The van der Waals surface area contributed by atoms with E-state index < -0.39 is 5.91 Å². The lowest BCUT2D eigenvalue weighted by Crippen LogP contribution is -2.14. The fourth-order valence-electron chi connectivity index (χ4n) is 2.80. The van der Waals surface area contributed by atoms with Crippen LogP contribution in [0.1, 0.15) is 16.7 Å². The topological polar surface area (TPSA) is 62.1 Å². The molecule has 0 heterocycles. The SMILES string of the molecule is Cc1cc(Br)c(NC(=O)/C(C#N)=C/c2ccc(OCc3c(Cl)cccc3Cl)cc2)c(Br)c1. The zero-order valence-corrected chi connectivity index (χ0v) is 21.4. The van der Waals surface area contributed by atoms with Crippen molar-refractivity contribution in [2.45, 2.75) is 13.5 Å². The van der Waals surface area contributed by atoms with E-state index in [1.165, 1.54) is 6.08 Å². The van der Waals surface area contributed by atoms with Crippen LogP contribution in [0.2, 0.25) is 10.0 Å². The van der Waals surface area contributed by atoms with Gasteiger partial charge in [0, 0.05) is 24.6 Å². The third-order valence-electron chi connectivity index (χ3n) is 4.43. The lowest BCUT2D eigenvalue weighted by Gasteiger charge is -2.11. The molecule has 0 aliphatic carbocycles. The molecule has 162 valence electrons. The Morgan fingerprint density at radius 3 is 2.25 bits per heavy atom. The first-order valence-electron chi connectivity index (χ1n) is 9.33. The van der Waals surface area contributed by atoms with E-state index in [9.17, 15) is 10.1 Å². The molecule has 0 saturated heterocycles. The van der Waals surface area contributed by atoms with Gasteiger partial charge in [-0.2, -0.15) is 5.26 Å². The molecule has 0 radical (unpaired) electrons. The molecule has 1 N–H and O–H groups in total. The van der Waals surface area contributed by atoms with Gasteiger partial charge in [-0.05, 0) is 92.4 Å². The van der Waals surface area contributed by atoms with Crippen molar-refractivity contribution in [1.82, 2.24) is 0 Å². The van der Waals surface area contributed by atoms with Gasteiger partial charge in [0.25, 0.3) is 5.91 Å². The Bertz CT molecular complexity index is 1190. The monoisotopic (exact) mass is 592 g/mol. The smallest absolute Gasteiger partial charge is 0.266 e. The first kappa shape index (κ1) is 24.3.